The lowest BCUT2D eigenvalue weighted by Gasteiger charge is -2.21. The molecular weight excluding hydrogens is 345 g/mol. The van der Waals surface area contributed by atoms with E-state index in [9.17, 15) is 9.59 Å². The molecule has 0 unspecified atom stereocenters. The molecule has 98 valence electrons. The van der Waals surface area contributed by atoms with Gasteiger partial charge in [0.1, 0.15) is 5.82 Å². The molecule has 18 heavy (non-hydrogen) atoms. The molecule has 1 saturated heterocycles. The minimum absolute atomic E-state index is 0.0155. The molecule has 1 aliphatic rings. The van der Waals surface area contributed by atoms with Crippen LogP contribution in [0.2, 0.25) is 0 Å². The van der Waals surface area contributed by atoms with Crippen molar-refractivity contribution in [1.82, 2.24) is 10.3 Å². The molecule has 1 fully saturated rings. The fraction of sp³-hybridized carbons (Fsp3) is 0.500. The van der Waals surface area contributed by atoms with Gasteiger partial charge in [-0.2, -0.15) is 0 Å². The van der Waals surface area contributed by atoms with E-state index in [1.165, 1.54) is 0 Å². The Balaban J connectivity index is 2.35. The Morgan fingerprint density at radius 3 is 2.78 bits per heavy atom. The summed E-state index contributed by atoms with van der Waals surface area (Å²) in [5.74, 6) is 0.864. The zero-order valence-corrected chi connectivity index (χ0v) is 12.4. The van der Waals surface area contributed by atoms with Crippen LogP contribution in [0.25, 0.3) is 0 Å². The molecule has 1 amide bonds. The molecule has 1 aliphatic heterocycles. The van der Waals surface area contributed by atoms with Crippen LogP contribution >= 0.6 is 22.6 Å². The molecule has 1 aromatic rings. The molecule has 2 rings (SSSR count). The SMILES string of the molecule is Cc1cc(=O)c(CNC(=O)I)c(N2CCCC2)[nH]1. The van der Waals surface area contributed by atoms with Crippen LogP contribution in [0.15, 0.2) is 10.9 Å². The van der Waals surface area contributed by atoms with Crippen molar-refractivity contribution in [3.05, 3.63) is 27.5 Å². The van der Waals surface area contributed by atoms with Crippen LogP contribution in [0.3, 0.4) is 0 Å². The molecule has 0 spiro atoms. The number of anilines is 1. The Hall–Kier alpha value is -1.05. The minimum Gasteiger partial charge on any atom is -0.358 e. The number of H-pyrrole nitrogens is 1. The van der Waals surface area contributed by atoms with E-state index in [1.54, 1.807) is 28.7 Å². The highest BCUT2D eigenvalue weighted by Crippen LogP contribution is 2.20. The molecule has 2 N–H and O–H groups in total. The van der Waals surface area contributed by atoms with Crippen LogP contribution in [0.5, 0.6) is 0 Å². The van der Waals surface area contributed by atoms with Crippen molar-refractivity contribution >= 4 is 32.3 Å². The van der Waals surface area contributed by atoms with Crippen molar-refractivity contribution in [2.24, 2.45) is 0 Å². The van der Waals surface area contributed by atoms with Gasteiger partial charge in [-0.3, -0.25) is 9.59 Å². The Morgan fingerprint density at radius 2 is 2.17 bits per heavy atom. The van der Waals surface area contributed by atoms with Gasteiger partial charge in [-0.15, -0.1) is 0 Å². The van der Waals surface area contributed by atoms with Gasteiger partial charge in [-0.1, -0.05) is 0 Å². The first kappa shape index (κ1) is 13.4. The maximum absolute atomic E-state index is 12.0. The van der Waals surface area contributed by atoms with Crippen LogP contribution in [-0.2, 0) is 6.54 Å². The minimum atomic E-state index is -0.153. The van der Waals surface area contributed by atoms with Gasteiger partial charge in [0.2, 0.25) is 0 Å². The Labute approximate surface area is 119 Å². The topological polar surface area (TPSA) is 65.2 Å². The van der Waals surface area contributed by atoms with Crippen molar-refractivity contribution in [3.63, 3.8) is 0 Å². The van der Waals surface area contributed by atoms with Gasteiger partial charge in [0, 0.05) is 47.4 Å². The first-order chi connectivity index (χ1) is 8.58. The predicted octanol–water partition coefficient (Wildman–Crippen LogP) is 1.93. The lowest BCUT2D eigenvalue weighted by Crippen LogP contribution is -2.28. The number of rotatable bonds is 3. The van der Waals surface area contributed by atoms with E-state index in [2.05, 4.69) is 15.2 Å². The smallest absolute Gasteiger partial charge is 0.280 e. The molecule has 0 bridgehead atoms. The Morgan fingerprint density at radius 1 is 1.50 bits per heavy atom. The summed E-state index contributed by atoms with van der Waals surface area (Å²) in [5.41, 5.74) is 1.48. The molecule has 0 radical (unpaired) electrons. The fourth-order valence-electron chi connectivity index (χ4n) is 2.24. The summed E-state index contributed by atoms with van der Waals surface area (Å²) in [4.78, 5) is 28.4. The second-order valence-corrected chi connectivity index (χ2v) is 5.44. The summed E-state index contributed by atoms with van der Waals surface area (Å²) < 4.78 is -0.153. The van der Waals surface area contributed by atoms with Gasteiger partial charge < -0.3 is 15.2 Å². The molecule has 0 aliphatic carbocycles. The van der Waals surface area contributed by atoms with E-state index in [1.807, 2.05) is 6.92 Å². The maximum Gasteiger partial charge on any atom is 0.280 e. The zero-order chi connectivity index (χ0) is 13.1. The first-order valence-electron chi connectivity index (χ1n) is 5.99. The summed E-state index contributed by atoms with van der Waals surface area (Å²) >= 11 is 1.67. The quantitative estimate of drug-likeness (QED) is 0.491. The van der Waals surface area contributed by atoms with E-state index in [4.69, 9.17) is 0 Å². The highest BCUT2D eigenvalue weighted by atomic mass is 127. The Kier molecular flexibility index (Phi) is 4.26. The largest absolute Gasteiger partial charge is 0.358 e. The molecule has 0 aromatic carbocycles. The van der Waals surface area contributed by atoms with Crippen molar-refractivity contribution in [3.8, 4) is 0 Å². The zero-order valence-electron chi connectivity index (χ0n) is 10.3. The van der Waals surface area contributed by atoms with Gasteiger partial charge in [-0.25, -0.2) is 0 Å². The van der Waals surface area contributed by atoms with Crippen LogP contribution < -0.4 is 15.6 Å². The van der Waals surface area contributed by atoms with Crippen LogP contribution in [0, 0.1) is 6.92 Å². The fourth-order valence-corrected chi connectivity index (χ4v) is 2.43. The maximum atomic E-state index is 12.0. The van der Waals surface area contributed by atoms with E-state index < -0.39 is 0 Å². The number of carbonyl (C=O) groups is 1. The normalized spacial score (nSPS) is 14.9. The number of carbonyl (C=O) groups excluding carboxylic acids is 1. The second kappa shape index (κ2) is 5.73. The molecule has 5 nitrogen and oxygen atoms in total. The summed E-state index contributed by atoms with van der Waals surface area (Å²) in [6, 6.07) is 1.58. The van der Waals surface area contributed by atoms with Gasteiger partial charge in [0.25, 0.3) is 3.91 Å². The summed E-state index contributed by atoms with van der Waals surface area (Å²) in [7, 11) is 0. The van der Waals surface area contributed by atoms with Crippen LogP contribution in [-0.4, -0.2) is 22.0 Å². The van der Waals surface area contributed by atoms with Crippen LogP contribution in [0.4, 0.5) is 10.6 Å². The number of nitrogens with zero attached hydrogens (tertiary/aromatic N) is 1. The lowest BCUT2D eigenvalue weighted by molar-refractivity contribution is 0.262. The lowest BCUT2D eigenvalue weighted by atomic mass is 10.2. The highest BCUT2D eigenvalue weighted by Gasteiger charge is 2.18. The number of halogens is 1. The Bertz CT molecular complexity index is 507. The molecule has 6 heteroatoms. The molecule has 2 heterocycles. The van der Waals surface area contributed by atoms with Gasteiger partial charge in [0.05, 0.1) is 12.1 Å². The predicted molar refractivity (Wildman–Crippen MR) is 79.5 cm³/mol. The number of amides is 1. The number of aromatic nitrogens is 1. The van der Waals surface area contributed by atoms with Gasteiger partial charge in [0.15, 0.2) is 5.43 Å². The average Bonchev–Trinajstić information content (AvgIpc) is 2.79. The third-order valence-electron chi connectivity index (χ3n) is 3.07. The molecule has 0 atom stereocenters. The summed E-state index contributed by atoms with van der Waals surface area (Å²) in [6.07, 6.45) is 2.29. The average molecular weight is 361 g/mol. The monoisotopic (exact) mass is 361 g/mol. The van der Waals surface area contributed by atoms with Crippen molar-refractivity contribution in [2.45, 2.75) is 26.3 Å². The van der Waals surface area contributed by atoms with E-state index in [-0.39, 0.29) is 15.9 Å². The van der Waals surface area contributed by atoms with Crippen molar-refractivity contribution < 1.29 is 4.79 Å². The van der Waals surface area contributed by atoms with E-state index in [0.717, 1.165) is 37.4 Å². The number of pyridine rings is 1. The van der Waals surface area contributed by atoms with E-state index in [0.29, 0.717) is 5.56 Å². The number of hydrogen-bond donors (Lipinski definition) is 2. The molecular formula is C12H16IN3O2. The number of nitrogens with one attached hydrogen (secondary N) is 2. The first-order valence-corrected chi connectivity index (χ1v) is 7.07. The number of hydrogen-bond acceptors (Lipinski definition) is 3. The van der Waals surface area contributed by atoms with Gasteiger partial charge in [-0.05, 0) is 19.8 Å². The third-order valence-corrected chi connectivity index (χ3v) is 3.45. The highest BCUT2D eigenvalue weighted by molar-refractivity contribution is 14.1. The van der Waals surface area contributed by atoms with Crippen molar-refractivity contribution in [2.75, 3.05) is 18.0 Å². The number of aromatic amines is 1. The second-order valence-electron chi connectivity index (χ2n) is 4.47. The standard InChI is InChI=1S/C12H16IN3O2/c1-8-6-10(17)9(7-14-12(13)18)11(15-8)16-4-2-3-5-16/h6H,2-5,7H2,1H3,(H,14,18)(H,15,17). The molecule has 0 saturated carbocycles. The summed E-state index contributed by atoms with van der Waals surface area (Å²) in [5, 5.41) is 2.69. The third kappa shape index (κ3) is 3.04. The number of aryl methyl sites for hydroxylation is 1. The molecule has 1 aromatic heterocycles. The van der Waals surface area contributed by atoms with E-state index >= 15 is 0 Å². The summed E-state index contributed by atoms with van der Waals surface area (Å²) in [6.45, 7) is 4.08. The van der Waals surface area contributed by atoms with Crippen LogP contribution in [0.1, 0.15) is 24.1 Å². The van der Waals surface area contributed by atoms with Gasteiger partial charge >= 0.3 is 0 Å². The van der Waals surface area contributed by atoms with Crippen molar-refractivity contribution in [1.29, 1.82) is 0 Å².